The summed E-state index contributed by atoms with van der Waals surface area (Å²) < 4.78 is 10.9. The van der Waals surface area contributed by atoms with Crippen LogP contribution in [0.2, 0.25) is 0 Å². The summed E-state index contributed by atoms with van der Waals surface area (Å²) in [5, 5.41) is 9.16. The van der Waals surface area contributed by atoms with Gasteiger partial charge < -0.3 is 9.47 Å². The fourth-order valence-electron chi connectivity index (χ4n) is 1.78. The highest BCUT2D eigenvalue weighted by atomic mass is 16.5. The second kappa shape index (κ2) is 6.09. The Hall–Kier alpha value is -0.590. The predicted octanol–water partition coefficient (Wildman–Crippen LogP) is 2.37. The first kappa shape index (κ1) is 12.5. The average molecular weight is 211 g/mol. The van der Waals surface area contributed by atoms with Gasteiger partial charge in [0.15, 0.2) is 0 Å². The number of ether oxygens (including phenoxy) is 2. The van der Waals surface area contributed by atoms with Crippen LogP contribution in [0.25, 0.3) is 0 Å². The molecule has 1 heterocycles. The summed E-state index contributed by atoms with van der Waals surface area (Å²) in [4.78, 5) is 0. The van der Waals surface area contributed by atoms with E-state index in [-0.39, 0.29) is 5.41 Å². The summed E-state index contributed by atoms with van der Waals surface area (Å²) in [6, 6.07) is 2.40. The van der Waals surface area contributed by atoms with Crippen LogP contribution in [-0.2, 0) is 9.47 Å². The van der Waals surface area contributed by atoms with Gasteiger partial charge in [0.05, 0.1) is 18.1 Å². The molecule has 0 aromatic rings. The van der Waals surface area contributed by atoms with Crippen LogP contribution in [0.5, 0.6) is 0 Å². The molecule has 0 aliphatic carbocycles. The minimum atomic E-state index is -0.283. The Morgan fingerprint density at radius 3 is 2.87 bits per heavy atom. The van der Waals surface area contributed by atoms with Crippen molar-refractivity contribution in [1.29, 1.82) is 5.26 Å². The molecule has 1 saturated heterocycles. The maximum absolute atomic E-state index is 9.16. The lowest BCUT2D eigenvalue weighted by atomic mass is 9.81. The molecule has 0 aromatic heterocycles. The number of rotatable bonds is 5. The zero-order valence-corrected chi connectivity index (χ0v) is 9.79. The van der Waals surface area contributed by atoms with E-state index < -0.39 is 0 Å². The standard InChI is InChI=1S/C12H21NO2/c1-11(2)8-14-7-5-12(9-13)4-3-6-15-10-12/h11H,3-8,10H2,1-2H3. The SMILES string of the molecule is CC(C)COCCC1(C#N)CCCOC1. The molecule has 1 fully saturated rings. The fourth-order valence-corrected chi connectivity index (χ4v) is 1.78. The quantitative estimate of drug-likeness (QED) is 0.656. The van der Waals surface area contributed by atoms with Gasteiger partial charge in [-0.3, -0.25) is 0 Å². The van der Waals surface area contributed by atoms with Crippen molar-refractivity contribution in [1.82, 2.24) is 0 Å². The second-order valence-electron chi connectivity index (χ2n) is 4.77. The molecule has 0 saturated carbocycles. The third-order valence-electron chi connectivity index (χ3n) is 2.74. The van der Waals surface area contributed by atoms with Gasteiger partial charge in [-0.1, -0.05) is 13.8 Å². The number of nitriles is 1. The van der Waals surface area contributed by atoms with E-state index in [0.29, 0.717) is 19.1 Å². The lowest BCUT2D eigenvalue weighted by Crippen LogP contribution is -2.31. The molecule has 0 radical (unpaired) electrons. The first-order chi connectivity index (χ1) is 7.18. The van der Waals surface area contributed by atoms with E-state index in [1.165, 1.54) is 0 Å². The zero-order valence-electron chi connectivity index (χ0n) is 9.79. The van der Waals surface area contributed by atoms with E-state index in [1.807, 2.05) is 0 Å². The lowest BCUT2D eigenvalue weighted by Gasteiger charge is -2.30. The Labute approximate surface area is 92.4 Å². The van der Waals surface area contributed by atoms with Crippen LogP contribution >= 0.6 is 0 Å². The van der Waals surface area contributed by atoms with E-state index >= 15 is 0 Å². The molecule has 0 amide bonds. The van der Waals surface area contributed by atoms with Crippen LogP contribution in [0.3, 0.4) is 0 Å². The summed E-state index contributed by atoms with van der Waals surface area (Å²) in [5.41, 5.74) is -0.283. The van der Waals surface area contributed by atoms with E-state index in [0.717, 1.165) is 32.5 Å². The van der Waals surface area contributed by atoms with Gasteiger partial charge in [-0.2, -0.15) is 5.26 Å². The van der Waals surface area contributed by atoms with Crippen molar-refractivity contribution in [2.75, 3.05) is 26.4 Å². The molecule has 1 aliphatic rings. The predicted molar refractivity (Wildman–Crippen MR) is 58.4 cm³/mol. The number of hydrogen-bond acceptors (Lipinski definition) is 3. The molecule has 15 heavy (non-hydrogen) atoms. The van der Waals surface area contributed by atoms with Crippen molar-refractivity contribution in [3.63, 3.8) is 0 Å². The van der Waals surface area contributed by atoms with Gasteiger partial charge in [0, 0.05) is 19.8 Å². The van der Waals surface area contributed by atoms with Crippen LogP contribution in [0.4, 0.5) is 0 Å². The normalized spacial score (nSPS) is 26.5. The highest BCUT2D eigenvalue weighted by Gasteiger charge is 2.32. The van der Waals surface area contributed by atoms with Gasteiger partial charge in [0.1, 0.15) is 0 Å². The molecular formula is C12H21NO2. The van der Waals surface area contributed by atoms with E-state index in [1.54, 1.807) is 0 Å². The van der Waals surface area contributed by atoms with Gasteiger partial charge in [-0.05, 0) is 25.2 Å². The molecule has 86 valence electrons. The Morgan fingerprint density at radius 1 is 1.53 bits per heavy atom. The fraction of sp³-hybridized carbons (Fsp3) is 0.917. The summed E-state index contributed by atoms with van der Waals surface area (Å²) in [7, 11) is 0. The van der Waals surface area contributed by atoms with Crippen LogP contribution in [-0.4, -0.2) is 26.4 Å². The van der Waals surface area contributed by atoms with Crippen molar-refractivity contribution in [2.45, 2.75) is 33.1 Å². The molecule has 1 aliphatic heterocycles. The van der Waals surface area contributed by atoms with Crippen molar-refractivity contribution >= 4 is 0 Å². The van der Waals surface area contributed by atoms with Gasteiger partial charge >= 0.3 is 0 Å². The first-order valence-electron chi connectivity index (χ1n) is 5.75. The van der Waals surface area contributed by atoms with Crippen LogP contribution < -0.4 is 0 Å². The lowest BCUT2D eigenvalue weighted by molar-refractivity contribution is -0.000989. The van der Waals surface area contributed by atoms with Crippen molar-refractivity contribution in [2.24, 2.45) is 11.3 Å². The zero-order chi connectivity index (χ0) is 11.1. The topological polar surface area (TPSA) is 42.2 Å². The maximum Gasteiger partial charge on any atom is 0.0829 e. The molecule has 1 unspecified atom stereocenters. The van der Waals surface area contributed by atoms with Crippen molar-refractivity contribution in [3.05, 3.63) is 0 Å². The van der Waals surface area contributed by atoms with Crippen LogP contribution in [0.15, 0.2) is 0 Å². The van der Waals surface area contributed by atoms with Gasteiger partial charge in [-0.25, -0.2) is 0 Å². The molecule has 0 bridgehead atoms. The third kappa shape index (κ3) is 4.19. The first-order valence-corrected chi connectivity index (χ1v) is 5.75. The van der Waals surface area contributed by atoms with E-state index in [4.69, 9.17) is 14.7 Å². The molecule has 1 atom stereocenters. The van der Waals surface area contributed by atoms with E-state index in [2.05, 4.69) is 19.9 Å². The summed E-state index contributed by atoms with van der Waals surface area (Å²) in [5.74, 6) is 0.561. The van der Waals surface area contributed by atoms with Crippen molar-refractivity contribution in [3.8, 4) is 6.07 Å². The maximum atomic E-state index is 9.16. The summed E-state index contributed by atoms with van der Waals surface area (Å²) >= 11 is 0. The molecular weight excluding hydrogens is 190 g/mol. The van der Waals surface area contributed by atoms with Crippen molar-refractivity contribution < 1.29 is 9.47 Å². The Bertz CT molecular complexity index is 214. The number of hydrogen-bond donors (Lipinski definition) is 0. The smallest absolute Gasteiger partial charge is 0.0829 e. The molecule has 1 rings (SSSR count). The third-order valence-corrected chi connectivity index (χ3v) is 2.74. The monoisotopic (exact) mass is 211 g/mol. The van der Waals surface area contributed by atoms with Gasteiger partial charge in [0.25, 0.3) is 0 Å². The highest BCUT2D eigenvalue weighted by Crippen LogP contribution is 2.31. The Kier molecular flexibility index (Phi) is 5.07. The Balaban J connectivity index is 2.24. The Morgan fingerprint density at radius 2 is 2.33 bits per heavy atom. The largest absolute Gasteiger partial charge is 0.381 e. The summed E-state index contributed by atoms with van der Waals surface area (Å²) in [6.45, 7) is 7.09. The molecule has 0 spiro atoms. The average Bonchev–Trinajstić information content (AvgIpc) is 2.26. The number of nitrogens with zero attached hydrogens (tertiary/aromatic N) is 1. The highest BCUT2D eigenvalue weighted by molar-refractivity contribution is 5.00. The van der Waals surface area contributed by atoms with E-state index in [9.17, 15) is 0 Å². The second-order valence-corrected chi connectivity index (χ2v) is 4.77. The molecule has 3 nitrogen and oxygen atoms in total. The molecule has 0 aromatic carbocycles. The van der Waals surface area contributed by atoms with Gasteiger partial charge in [0.2, 0.25) is 0 Å². The minimum Gasteiger partial charge on any atom is -0.381 e. The molecule has 0 N–H and O–H groups in total. The van der Waals surface area contributed by atoms with Crippen LogP contribution in [0.1, 0.15) is 33.1 Å². The van der Waals surface area contributed by atoms with Crippen LogP contribution in [0, 0.1) is 22.7 Å². The minimum absolute atomic E-state index is 0.283. The summed E-state index contributed by atoms with van der Waals surface area (Å²) in [6.07, 6.45) is 2.75. The molecule has 3 heteroatoms. The van der Waals surface area contributed by atoms with Gasteiger partial charge in [-0.15, -0.1) is 0 Å².